The molecule has 5 nitrogen and oxygen atoms in total. The maximum absolute atomic E-state index is 11.8. The molecule has 0 spiro atoms. The molecule has 0 unspecified atom stereocenters. The van der Waals surface area contributed by atoms with E-state index in [1.54, 1.807) is 32.2 Å². The predicted molar refractivity (Wildman–Crippen MR) is 108 cm³/mol. The zero-order valence-electron chi connectivity index (χ0n) is 15.2. The van der Waals surface area contributed by atoms with Gasteiger partial charge in [0.2, 0.25) is 0 Å². The maximum atomic E-state index is 11.8. The summed E-state index contributed by atoms with van der Waals surface area (Å²) in [5.74, 6) is 0.472. The van der Waals surface area contributed by atoms with Gasteiger partial charge in [-0.15, -0.1) is 0 Å². The Hall–Kier alpha value is -2.60. The number of thiocarbonyl (C=S) groups is 1. The van der Waals surface area contributed by atoms with Gasteiger partial charge < -0.3 is 20.1 Å². The summed E-state index contributed by atoms with van der Waals surface area (Å²) < 4.78 is 10.2. The third-order valence-corrected chi connectivity index (χ3v) is 4.08. The number of hydrogen-bond donors (Lipinski definition) is 2. The summed E-state index contributed by atoms with van der Waals surface area (Å²) in [5, 5.41) is 6.92. The fourth-order valence-electron chi connectivity index (χ4n) is 2.52. The Bertz CT molecular complexity index is 747. The van der Waals surface area contributed by atoms with Gasteiger partial charge >= 0.3 is 5.97 Å². The first-order chi connectivity index (χ1) is 12.6. The molecular formula is C20H24N2O3S. The number of hydrogen-bond acceptors (Lipinski definition) is 4. The van der Waals surface area contributed by atoms with E-state index in [-0.39, 0.29) is 12.0 Å². The van der Waals surface area contributed by atoms with Gasteiger partial charge in [0.25, 0.3) is 0 Å². The normalized spacial score (nSPS) is 11.3. The fraction of sp³-hybridized carbons (Fsp3) is 0.300. The summed E-state index contributed by atoms with van der Waals surface area (Å²) in [6, 6.07) is 15.1. The van der Waals surface area contributed by atoms with Crippen molar-refractivity contribution < 1.29 is 14.3 Å². The van der Waals surface area contributed by atoms with E-state index in [0.717, 1.165) is 23.4 Å². The highest BCUT2D eigenvalue weighted by atomic mass is 32.1. The van der Waals surface area contributed by atoms with Gasteiger partial charge in [-0.1, -0.05) is 25.1 Å². The molecule has 0 bridgehead atoms. The molecule has 0 fully saturated rings. The Kier molecular flexibility index (Phi) is 7.41. The third-order valence-electron chi connectivity index (χ3n) is 3.86. The van der Waals surface area contributed by atoms with Crippen LogP contribution >= 0.6 is 12.2 Å². The van der Waals surface area contributed by atoms with Gasteiger partial charge in [0.1, 0.15) is 5.75 Å². The molecule has 138 valence electrons. The molecule has 0 aromatic heterocycles. The van der Waals surface area contributed by atoms with Gasteiger partial charge in [-0.05, 0) is 61.5 Å². The first kappa shape index (κ1) is 19.7. The first-order valence-corrected chi connectivity index (χ1v) is 8.96. The van der Waals surface area contributed by atoms with E-state index in [1.807, 2.05) is 30.3 Å². The second kappa shape index (κ2) is 9.77. The van der Waals surface area contributed by atoms with Gasteiger partial charge in [-0.2, -0.15) is 0 Å². The minimum absolute atomic E-state index is 0.0779. The fourth-order valence-corrected chi connectivity index (χ4v) is 2.78. The second-order valence-corrected chi connectivity index (χ2v) is 6.04. The van der Waals surface area contributed by atoms with Crippen molar-refractivity contribution in [1.29, 1.82) is 0 Å². The number of rotatable bonds is 7. The molecule has 1 atom stereocenters. The zero-order chi connectivity index (χ0) is 18.9. The van der Waals surface area contributed by atoms with Gasteiger partial charge in [0.05, 0.1) is 25.3 Å². The van der Waals surface area contributed by atoms with Crippen molar-refractivity contribution in [2.45, 2.75) is 26.3 Å². The van der Waals surface area contributed by atoms with E-state index < -0.39 is 0 Å². The molecule has 2 aromatic carbocycles. The van der Waals surface area contributed by atoms with Crippen LogP contribution in [0, 0.1) is 0 Å². The third kappa shape index (κ3) is 5.46. The molecular weight excluding hydrogens is 348 g/mol. The monoisotopic (exact) mass is 372 g/mol. The number of esters is 1. The lowest BCUT2D eigenvalue weighted by atomic mass is 10.0. The SMILES string of the molecule is CCOC(=O)c1cccc(NC(=S)N[C@@H](CC)c2ccc(OC)cc2)c1. The van der Waals surface area contributed by atoms with Gasteiger partial charge in [0, 0.05) is 5.69 Å². The minimum atomic E-state index is -0.348. The highest BCUT2D eigenvalue weighted by Gasteiger charge is 2.12. The zero-order valence-corrected chi connectivity index (χ0v) is 16.1. The highest BCUT2D eigenvalue weighted by Crippen LogP contribution is 2.20. The lowest BCUT2D eigenvalue weighted by molar-refractivity contribution is 0.0526. The average Bonchev–Trinajstić information content (AvgIpc) is 2.66. The van der Waals surface area contributed by atoms with E-state index in [1.165, 1.54) is 0 Å². The van der Waals surface area contributed by atoms with Crippen LogP contribution in [-0.4, -0.2) is 24.8 Å². The van der Waals surface area contributed by atoms with E-state index in [0.29, 0.717) is 17.3 Å². The number of carbonyl (C=O) groups excluding carboxylic acids is 1. The van der Waals surface area contributed by atoms with Crippen LogP contribution in [0.3, 0.4) is 0 Å². The maximum Gasteiger partial charge on any atom is 0.338 e. The van der Waals surface area contributed by atoms with Crippen LogP contribution in [0.4, 0.5) is 5.69 Å². The van der Waals surface area contributed by atoms with E-state index in [2.05, 4.69) is 17.6 Å². The molecule has 0 aliphatic rings. The molecule has 0 amide bonds. The standard InChI is InChI=1S/C20H24N2O3S/c1-4-18(14-9-11-17(24-3)12-10-14)22-20(26)21-16-8-6-7-15(13-16)19(23)25-5-2/h6-13,18H,4-5H2,1-3H3,(H2,21,22,26)/t18-/m0/s1. The molecule has 0 saturated carbocycles. The molecule has 26 heavy (non-hydrogen) atoms. The van der Waals surface area contributed by atoms with Crippen LogP contribution in [0.15, 0.2) is 48.5 Å². The topological polar surface area (TPSA) is 59.6 Å². The number of nitrogens with one attached hydrogen (secondary N) is 2. The Morgan fingerprint density at radius 1 is 1.15 bits per heavy atom. The number of ether oxygens (including phenoxy) is 2. The van der Waals surface area contributed by atoms with E-state index >= 15 is 0 Å². The van der Waals surface area contributed by atoms with Crippen LogP contribution in [0.2, 0.25) is 0 Å². The molecule has 0 heterocycles. The Morgan fingerprint density at radius 2 is 1.88 bits per heavy atom. The lowest BCUT2D eigenvalue weighted by Gasteiger charge is -2.20. The molecule has 0 aliphatic carbocycles. The molecule has 6 heteroatoms. The number of anilines is 1. The summed E-state index contributed by atoms with van der Waals surface area (Å²) in [6.07, 6.45) is 0.872. The summed E-state index contributed by atoms with van der Waals surface area (Å²) >= 11 is 5.42. The van der Waals surface area contributed by atoms with Crippen molar-refractivity contribution in [1.82, 2.24) is 5.32 Å². The van der Waals surface area contributed by atoms with Crippen LogP contribution in [0.25, 0.3) is 0 Å². The molecule has 2 rings (SSSR count). The minimum Gasteiger partial charge on any atom is -0.497 e. The van der Waals surface area contributed by atoms with Crippen LogP contribution in [0.1, 0.15) is 42.2 Å². The number of carbonyl (C=O) groups is 1. The van der Waals surface area contributed by atoms with Gasteiger partial charge in [-0.25, -0.2) is 4.79 Å². The lowest BCUT2D eigenvalue weighted by Crippen LogP contribution is -2.32. The van der Waals surface area contributed by atoms with Gasteiger partial charge in [-0.3, -0.25) is 0 Å². The van der Waals surface area contributed by atoms with E-state index in [9.17, 15) is 4.79 Å². The van der Waals surface area contributed by atoms with Gasteiger partial charge in [0.15, 0.2) is 5.11 Å². The Labute approximate surface area is 159 Å². The number of methoxy groups -OCH3 is 1. The Morgan fingerprint density at radius 3 is 2.50 bits per heavy atom. The van der Waals surface area contributed by atoms with Crippen LogP contribution in [0.5, 0.6) is 5.75 Å². The smallest absolute Gasteiger partial charge is 0.338 e. The quantitative estimate of drug-likeness (QED) is 0.558. The summed E-state index contributed by atoms with van der Waals surface area (Å²) in [6.45, 7) is 4.21. The molecule has 0 saturated heterocycles. The summed E-state index contributed by atoms with van der Waals surface area (Å²) in [5.41, 5.74) is 2.34. The molecule has 2 N–H and O–H groups in total. The Balaban J connectivity index is 2.02. The summed E-state index contributed by atoms with van der Waals surface area (Å²) in [4.78, 5) is 11.8. The highest BCUT2D eigenvalue weighted by molar-refractivity contribution is 7.80. The molecule has 0 aliphatic heterocycles. The molecule has 2 aromatic rings. The summed E-state index contributed by atoms with van der Waals surface area (Å²) in [7, 11) is 1.65. The van der Waals surface area contributed by atoms with Crippen LogP contribution < -0.4 is 15.4 Å². The van der Waals surface area contributed by atoms with Crippen molar-refractivity contribution >= 4 is 29.0 Å². The average molecular weight is 372 g/mol. The largest absolute Gasteiger partial charge is 0.497 e. The van der Waals surface area contributed by atoms with Crippen molar-refractivity contribution in [3.8, 4) is 5.75 Å². The van der Waals surface area contributed by atoms with Crippen molar-refractivity contribution in [2.24, 2.45) is 0 Å². The molecule has 0 radical (unpaired) electrons. The predicted octanol–water partition coefficient (Wildman–Crippen LogP) is 4.31. The number of benzene rings is 2. The van der Waals surface area contributed by atoms with Crippen molar-refractivity contribution in [3.05, 3.63) is 59.7 Å². The first-order valence-electron chi connectivity index (χ1n) is 8.56. The van der Waals surface area contributed by atoms with Crippen molar-refractivity contribution in [3.63, 3.8) is 0 Å². The van der Waals surface area contributed by atoms with Crippen LogP contribution in [-0.2, 0) is 4.74 Å². The van der Waals surface area contributed by atoms with E-state index in [4.69, 9.17) is 21.7 Å². The second-order valence-electron chi connectivity index (χ2n) is 5.63. The van der Waals surface area contributed by atoms with Crippen molar-refractivity contribution in [2.75, 3.05) is 19.0 Å².